The lowest BCUT2D eigenvalue weighted by atomic mass is 9.96. The van der Waals surface area contributed by atoms with Crippen LogP contribution in [-0.2, 0) is 0 Å². The van der Waals surface area contributed by atoms with Gasteiger partial charge in [0.2, 0.25) is 0 Å². The van der Waals surface area contributed by atoms with Crippen molar-refractivity contribution in [2.75, 3.05) is 10.6 Å². The lowest BCUT2D eigenvalue weighted by molar-refractivity contribution is 0.243. The second-order valence-corrected chi connectivity index (χ2v) is 7.44. The Bertz CT molecular complexity index is 537. The summed E-state index contributed by atoms with van der Waals surface area (Å²) < 4.78 is 0. The van der Waals surface area contributed by atoms with E-state index in [1.807, 2.05) is 0 Å². The fraction of sp³-hybridized carbons (Fsp3) is 0.600. The standard InChI is InChI=1S/C20H30N4O2/c25-19(21-15-7-3-1-4-8-15)23-17-11-13-18(14-12-17)24-20(26)22-16-9-5-2-6-10-16/h11-16H,1-10H2,(H2,21,23,25)(H2,22,24,26). The quantitative estimate of drug-likeness (QED) is 0.634. The molecule has 6 heteroatoms. The average Bonchev–Trinajstić information content (AvgIpc) is 2.65. The minimum absolute atomic E-state index is 0.160. The molecule has 6 nitrogen and oxygen atoms in total. The molecule has 0 atom stereocenters. The summed E-state index contributed by atoms with van der Waals surface area (Å²) in [6.45, 7) is 0. The van der Waals surface area contributed by atoms with Crippen LogP contribution in [0.25, 0.3) is 0 Å². The van der Waals surface area contributed by atoms with Gasteiger partial charge in [0.1, 0.15) is 0 Å². The van der Waals surface area contributed by atoms with Gasteiger partial charge in [-0.25, -0.2) is 9.59 Å². The number of benzene rings is 1. The molecule has 0 radical (unpaired) electrons. The number of hydrogen-bond acceptors (Lipinski definition) is 2. The van der Waals surface area contributed by atoms with Gasteiger partial charge >= 0.3 is 12.1 Å². The third-order valence-corrected chi connectivity index (χ3v) is 5.28. The summed E-state index contributed by atoms with van der Waals surface area (Å²) in [7, 11) is 0. The Kier molecular flexibility index (Phi) is 6.75. The van der Waals surface area contributed by atoms with Crippen LogP contribution in [0.2, 0.25) is 0 Å². The van der Waals surface area contributed by atoms with E-state index in [1.54, 1.807) is 24.3 Å². The maximum absolute atomic E-state index is 12.1. The molecule has 2 aliphatic carbocycles. The molecule has 0 spiro atoms. The minimum Gasteiger partial charge on any atom is -0.335 e. The highest BCUT2D eigenvalue weighted by molar-refractivity contribution is 5.91. The number of carbonyl (C=O) groups is 2. The predicted octanol–water partition coefficient (Wildman–Crippen LogP) is 4.60. The normalized spacial score (nSPS) is 18.8. The molecular weight excluding hydrogens is 328 g/mol. The first-order valence-corrected chi connectivity index (χ1v) is 9.94. The van der Waals surface area contributed by atoms with Crippen molar-refractivity contribution in [1.82, 2.24) is 10.6 Å². The summed E-state index contributed by atoms with van der Waals surface area (Å²) in [5.74, 6) is 0. The van der Waals surface area contributed by atoms with Crippen LogP contribution in [0, 0.1) is 0 Å². The van der Waals surface area contributed by atoms with Crippen LogP contribution in [0.1, 0.15) is 64.2 Å². The molecule has 0 aromatic heterocycles. The zero-order chi connectivity index (χ0) is 18.2. The van der Waals surface area contributed by atoms with Crippen molar-refractivity contribution < 1.29 is 9.59 Å². The molecule has 4 amide bonds. The first-order chi connectivity index (χ1) is 12.7. The number of amides is 4. The van der Waals surface area contributed by atoms with Gasteiger partial charge in [0.05, 0.1) is 0 Å². The summed E-state index contributed by atoms with van der Waals surface area (Å²) in [5.41, 5.74) is 1.44. The number of anilines is 2. The van der Waals surface area contributed by atoms with Crippen LogP contribution in [0.5, 0.6) is 0 Å². The Balaban J connectivity index is 1.42. The molecule has 2 aliphatic rings. The van der Waals surface area contributed by atoms with Gasteiger partial charge in [-0.3, -0.25) is 0 Å². The topological polar surface area (TPSA) is 82.3 Å². The van der Waals surface area contributed by atoms with E-state index in [0.717, 1.165) is 37.1 Å². The molecule has 2 saturated carbocycles. The van der Waals surface area contributed by atoms with Gasteiger partial charge in [0.25, 0.3) is 0 Å². The summed E-state index contributed by atoms with van der Waals surface area (Å²) in [6, 6.07) is 7.46. The third-order valence-electron chi connectivity index (χ3n) is 5.28. The molecule has 0 aliphatic heterocycles. The zero-order valence-electron chi connectivity index (χ0n) is 15.4. The summed E-state index contributed by atoms with van der Waals surface area (Å²) >= 11 is 0. The Morgan fingerprint density at radius 2 is 0.962 bits per heavy atom. The second kappa shape index (κ2) is 9.46. The molecule has 4 N–H and O–H groups in total. The molecule has 3 rings (SSSR count). The Morgan fingerprint density at radius 3 is 1.31 bits per heavy atom. The smallest absolute Gasteiger partial charge is 0.319 e. The fourth-order valence-electron chi connectivity index (χ4n) is 3.84. The highest BCUT2D eigenvalue weighted by Crippen LogP contribution is 2.19. The van der Waals surface area contributed by atoms with Gasteiger partial charge in [0.15, 0.2) is 0 Å². The Morgan fingerprint density at radius 1 is 0.615 bits per heavy atom. The van der Waals surface area contributed by atoms with E-state index in [0.29, 0.717) is 0 Å². The van der Waals surface area contributed by atoms with E-state index in [2.05, 4.69) is 21.3 Å². The zero-order valence-corrected chi connectivity index (χ0v) is 15.4. The van der Waals surface area contributed by atoms with E-state index < -0.39 is 0 Å². The van der Waals surface area contributed by atoms with E-state index in [-0.39, 0.29) is 24.1 Å². The number of rotatable bonds is 4. The SMILES string of the molecule is O=C(Nc1ccc(NC(=O)NC2CCCCC2)cc1)NC1CCCCC1. The number of urea groups is 2. The van der Waals surface area contributed by atoms with Crippen LogP contribution in [-0.4, -0.2) is 24.1 Å². The minimum atomic E-state index is -0.160. The monoisotopic (exact) mass is 358 g/mol. The number of nitrogens with one attached hydrogen (secondary N) is 4. The molecule has 0 unspecified atom stereocenters. The maximum atomic E-state index is 12.1. The van der Waals surface area contributed by atoms with Crippen molar-refractivity contribution in [1.29, 1.82) is 0 Å². The van der Waals surface area contributed by atoms with Gasteiger partial charge in [-0.2, -0.15) is 0 Å². The highest BCUT2D eigenvalue weighted by Gasteiger charge is 2.16. The van der Waals surface area contributed by atoms with Crippen molar-refractivity contribution in [2.24, 2.45) is 0 Å². The van der Waals surface area contributed by atoms with Crippen LogP contribution in [0.4, 0.5) is 21.0 Å². The number of hydrogen-bond donors (Lipinski definition) is 4. The van der Waals surface area contributed by atoms with Crippen molar-refractivity contribution in [3.8, 4) is 0 Å². The van der Waals surface area contributed by atoms with Gasteiger partial charge in [0, 0.05) is 23.5 Å². The maximum Gasteiger partial charge on any atom is 0.319 e. The van der Waals surface area contributed by atoms with Gasteiger partial charge in [-0.15, -0.1) is 0 Å². The average molecular weight is 358 g/mol. The lowest BCUT2D eigenvalue weighted by Crippen LogP contribution is -2.39. The Hall–Kier alpha value is -2.24. The van der Waals surface area contributed by atoms with E-state index in [9.17, 15) is 9.59 Å². The molecule has 2 fully saturated rings. The van der Waals surface area contributed by atoms with Crippen LogP contribution >= 0.6 is 0 Å². The van der Waals surface area contributed by atoms with Gasteiger partial charge < -0.3 is 21.3 Å². The fourth-order valence-corrected chi connectivity index (χ4v) is 3.84. The second-order valence-electron chi connectivity index (χ2n) is 7.44. The lowest BCUT2D eigenvalue weighted by Gasteiger charge is -2.23. The summed E-state index contributed by atoms with van der Waals surface area (Å²) in [6.07, 6.45) is 11.5. The number of carbonyl (C=O) groups excluding carboxylic acids is 2. The van der Waals surface area contributed by atoms with Crippen LogP contribution in [0.15, 0.2) is 24.3 Å². The largest absolute Gasteiger partial charge is 0.335 e. The molecule has 1 aromatic carbocycles. The first kappa shape index (κ1) is 18.5. The van der Waals surface area contributed by atoms with Crippen molar-refractivity contribution in [3.05, 3.63) is 24.3 Å². The summed E-state index contributed by atoms with van der Waals surface area (Å²) in [4.78, 5) is 24.1. The van der Waals surface area contributed by atoms with E-state index in [4.69, 9.17) is 0 Å². The van der Waals surface area contributed by atoms with E-state index >= 15 is 0 Å². The predicted molar refractivity (Wildman–Crippen MR) is 104 cm³/mol. The van der Waals surface area contributed by atoms with Crippen molar-refractivity contribution in [3.63, 3.8) is 0 Å². The third kappa shape index (κ3) is 5.93. The van der Waals surface area contributed by atoms with E-state index in [1.165, 1.54) is 38.5 Å². The van der Waals surface area contributed by atoms with Crippen LogP contribution < -0.4 is 21.3 Å². The molecule has 0 saturated heterocycles. The Labute approximate surface area is 155 Å². The highest BCUT2D eigenvalue weighted by atomic mass is 16.2. The molecule has 26 heavy (non-hydrogen) atoms. The molecular formula is C20H30N4O2. The van der Waals surface area contributed by atoms with Gasteiger partial charge in [-0.1, -0.05) is 38.5 Å². The summed E-state index contributed by atoms with van der Waals surface area (Å²) in [5, 5.41) is 11.8. The van der Waals surface area contributed by atoms with Gasteiger partial charge in [-0.05, 0) is 49.9 Å². The molecule has 1 aromatic rings. The first-order valence-electron chi connectivity index (χ1n) is 9.94. The molecule has 0 heterocycles. The van der Waals surface area contributed by atoms with Crippen LogP contribution in [0.3, 0.4) is 0 Å². The van der Waals surface area contributed by atoms with Crippen molar-refractivity contribution >= 4 is 23.4 Å². The molecule has 0 bridgehead atoms. The van der Waals surface area contributed by atoms with Crippen molar-refractivity contribution in [2.45, 2.75) is 76.3 Å². The molecule has 142 valence electrons.